The Kier molecular flexibility index (Phi) is 24.6. The zero-order chi connectivity index (χ0) is 43.5. The number of anilines is 7. The normalized spacial score (nSPS) is 14.0. The molecule has 4 rings (SSSR count). The maximum Gasteiger partial charge on any atom is 0.110 e. The maximum atomic E-state index is 7.77. The summed E-state index contributed by atoms with van der Waals surface area (Å²) in [5.41, 5.74) is 12.1. The van der Waals surface area contributed by atoms with Gasteiger partial charge in [-0.1, -0.05) is 174 Å². The number of unbranched alkanes of at least 4 members (excludes halogenated alkanes) is 11. The average Bonchev–Trinajstić information content (AvgIpc) is 3.80. The number of hydrogen-bond donors (Lipinski definition) is 6. The van der Waals surface area contributed by atoms with Gasteiger partial charge >= 0.3 is 0 Å². The highest BCUT2D eigenvalue weighted by molar-refractivity contribution is 6.28. The van der Waals surface area contributed by atoms with Crippen LogP contribution in [0.4, 0.5) is 39.8 Å². The van der Waals surface area contributed by atoms with E-state index in [9.17, 15) is 0 Å². The predicted octanol–water partition coefficient (Wildman–Crippen LogP) is 15.5. The Morgan fingerprint density at radius 2 is 1.18 bits per heavy atom. The van der Waals surface area contributed by atoms with Gasteiger partial charge in [-0.05, 0) is 81.9 Å². The van der Waals surface area contributed by atoms with Gasteiger partial charge in [0.25, 0.3) is 0 Å². The molecule has 8 nitrogen and oxygen atoms in total. The molecule has 6 N–H and O–H groups in total. The van der Waals surface area contributed by atoms with Gasteiger partial charge in [0.05, 0.1) is 34.6 Å². The summed E-state index contributed by atoms with van der Waals surface area (Å²) in [6.07, 6.45) is 24.9. The molecule has 0 amide bonds. The molecule has 3 aromatic rings. The van der Waals surface area contributed by atoms with Crippen LogP contribution in [0, 0.1) is 5.92 Å². The smallest absolute Gasteiger partial charge is 0.110 e. The lowest BCUT2D eigenvalue weighted by atomic mass is 9.96. The van der Waals surface area contributed by atoms with Gasteiger partial charge in [-0.2, -0.15) is 4.53 Å². The summed E-state index contributed by atoms with van der Waals surface area (Å²) in [6.45, 7) is 18.3. The fraction of sp³-hybridized carbons (Fsp3) is 0.654. The van der Waals surface area contributed by atoms with Gasteiger partial charge in [-0.3, -0.25) is 15.6 Å². The molecular weight excluding hydrogens is 772 g/mol. The second-order valence-electron chi connectivity index (χ2n) is 17.5. The van der Waals surface area contributed by atoms with Gasteiger partial charge in [0.15, 0.2) is 0 Å². The molecule has 0 heterocycles. The Balaban J connectivity index is 1.96. The molecule has 0 aliphatic heterocycles. The van der Waals surface area contributed by atoms with Crippen molar-refractivity contribution < 1.29 is 0 Å². The Bertz CT molecular complexity index is 1560. The van der Waals surface area contributed by atoms with Crippen LogP contribution in [-0.2, 0) is 0 Å². The Labute approximate surface area is 378 Å². The molecule has 2 unspecified atom stereocenters. The van der Waals surface area contributed by atoms with Crippen LogP contribution in [0.25, 0.3) is 0 Å². The van der Waals surface area contributed by atoms with Crippen LogP contribution >= 0.6 is 11.8 Å². The summed E-state index contributed by atoms with van der Waals surface area (Å²) < 4.78 is 1.78. The first-order valence-corrected chi connectivity index (χ1v) is 25.4. The van der Waals surface area contributed by atoms with E-state index in [-0.39, 0.29) is 6.17 Å². The number of rotatable bonds is 34. The fourth-order valence-corrected chi connectivity index (χ4v) is 9.18. The molecule has 9 heteroatoms. The molecule has 342 valence electrons. The van der Waals surface area contributed by atoms with Crippen molar-refractivity contribution in [2.45, 2.75) is 182 Å². The van der Waals surface area contributed by atoms with Crippen molar-refractivity contribution >= 4 is 51.6 Å². The lowest BCUT2D eigenvalue weighted by molar-refractivity contribution is 0.184. The molecule has 1 aliphatic rings. The van der Waals surface area contributed by atoms with Crippen LogP contribution in [0.3, 0.4) is 0 Å². The third kappa shape index (κ3) is 16.7. The van der Waals surface area contributed by atoms with Crippen molar-refractivity contribution in [3.8, 4) is 0 Å². The quantitative estimate of drug-likeness (QED) is 0.0153. The van der Waals surface area contributed by atoms with Crippen LogP contribution < -0.4 is 36.5 Å². The number of hydrazine groups is 1. The summed E-state index contributed by atoms with van der Waals surface area (Å²) in [5, 5.41) is 20.6. The van der Waals surface area contributed by atoms with Crippen LogP contribution in [0.15, 0.2) is 60.7 Å². The topological polar surface area (TPSA) is 78.7 Å². The van der Waals surface area contributed by atoms with E-state index in [0.717, 1.165) is 117 Å². The zero-order valence-corrected chi connectivity index (χ0v) is 40.2. The first-order chi connectivity index (χ1) is 30.0. The van der Waals surface area contributed by atoms with Crippen molar-refractivity contribution in [3.63, 3.8) is 0 Å². The van der Waals surface area contributed by atoms with Gasteiger partial charge < -0.3 is 21.3 Å². The van der Waals surface area contributed by atoms with E-state index in [0.29, 0.717) is 12.0 Å². The molecule has 1 saturated carbocycles. The molecule has 0 bridgehead atoms. The monoisotopic (exact) mass is 859 g/mol. The standard InChI is InChI=1S/C52H87ClN8/c1-7-13-16-17-18-19-20-21-22-31-40-54-48-47(57-43-33-25-23-26-34-43)46(52(55-39-15-9-3)60(11-5)12-6)51(61(53)59-45-37-27-24-28-38-45)50(58-44-35-29-30-36-44)49(48)56-41-42(10-4)32-14-8-2/h23-28,33-34,37-38,42,44,52,54-59H,7-22,29-32,35-36,39-41H2,1-6H3. The average molecular weight is 860 g/mol. The van der Waals surface area contributed by atoms with Gasteiger partial charge in [0, 0.05) is 42.2 Å². The highest BCUT2D eigenvalue weighted by atomic mass is 35.5. The summed E-state index contributed by atoms with van der Waals surface area (Å²) in [7, 11) is 0. The molecule has 0 radical (unpaired) electrons. The van der Waals surface area contributed by atoms with Crippen LogP contribution in [0.1, 0.15) is 182 Å². The minimum Gasteiger partial charge on any atom is -0.382 e. The van der Waals surface area contributed by atoms with E-state index in [1.54, 1.807) is 4.53 Å². The largest absolute Gasteiger partial charge is 0.382 e. The second-order valence-corrected chi connectivity index (χ2v) is 17.8. The van der Waals surface area contributed by atoms with Crippen LogP contribution in [0.2, 0.25) is 0 Å². The molecule has 61 heavy (non-hydrogen) atoms. The Hall–Kier alpha value is -3.33. The van der Waals surface area contributed by atoms with E-state index in [4.69, 9.17) is 11.8 Å². The molecule has 1 aliphatic carbocycles. The summed E-state index contributed by atoms with van der Waals surface area (Å²) >= 11 is 7.77. The van der Waals surface area contributed by atoms with Crippen molar-refractivity contribution in [1.82, 2.24) is 10.2 Å². The molecule has 0 spiro atoms. The third-order valence-electron chi connectivity index (χ3n) is 12.7. The van der Waals surface area contributed by atoms with Crippen molar-refractivity contribution in [2.24, 2.45) is 5.92 Å². The lowest BCUT2D eigenvalue weighted by Gasteiger charge is -2.39. The number of nitrogens with one attached hydrogen (secondary N) is 6. The number of para-hydroxylation sites is 2. The SMILES string of the molecule is CCCCCCCCCCCCNc1c(NCC(CC)CCCC)c(NC2CCCC2)c(N(Cl)Nc2ccccc2)c(C(NCCCC)N(CC)CC)c1Nc1ccccc1. The maximum absolute atomic E-state index is 7.77. The van der Waals surface area contributed by atoms with E-state index in [1.165, 1.54) is 89.9 Å². The van der Waals surface area contributed by atoms with Gasteiger partial charge in [-0.25, -0.2) is 0 Å². The van der Waals surface area contributed by atoms with E-state index in [1.807, 2.05) is 0 Å². The van der Waals surface area contributed by atoms with E-state index < -0.39 is 0 Å². The fourth-order valence-electron chi connectivity index (χ4n) is 8.91. The van der Waals surface area contributed by atoms with Crippen molar-refractivity contribution in [3.05, 3.63) is 66.2 Å². The first-order valence-electron chi connectivity index (χ1n) is 25.0. The molecule has 2 atom stereocenters. The minimum absolute atomic E-state index is 0.120. The van der Waals surface area contributed by atoms with Crippen LogP contribution in [0.5, 0.6) is 0 Å². The summed E-state index contributed by atoms with van der Waals surface area (Å²) in [6, 6.07) is 21.4. The van der Waals surface area contributed by atoms with Gasteiger partial charge in [-0.15, -0.1) is 0 Å². The predicted molar refractivity (Wildman–Crippen MR) is 271 cm³/mol. The van der Waals surface area contributed by atoms with E-state index in [2.05, 4.69) is 139 Å². The van der Waals surface area contributed by atoms with Crippen molar-refractivity contribution in [2.75, 3.05) is 63.9 Å². The zero-order valence-electron chi connectivity index (χ0n) is 39.5. The van der Waals surface area contributed by atoms with Gasteiger partial charge in [0.1, 0.15) is 5.69 Å². The molecular formula is C52H87ClN8. The number of halogens is 1. The summed E-state index contributed by atoms with van der Waals surface area (Å²) in [5.74, 6) is 0.566. The first kappa shape index (κ1) is 50.3. The molecule has 0 saturated heterocycles. The van der Waals surface area contributed by atoms with E-state index >= 15 is 0 Å². The Morgan fingerprint density at radius 1 is 0.607 bits per heavy atom. The number of nitrogens with zero attached hydrogens (tertiary/aromatic N) is 2. The molecule has 3 aromatic carbocycles. The Morgan fingerprint density at radius 3 is 1.77 bits per heavy atom. The number of benzene rings is 3. The summed E-state index contributed by atoms with van der Waals surface area (Å²) in [4.78, 5) is 2.55. The third-order valence-corrected chi connectivity index (χ3v) is 13.0. The molecule has 0 aromatic heterocycles. The highest BCUT2D eigenvalue weighted by Gasteiger charge is 2.35. The second kappa shape index (κ2) is 29.9. The van der Waals surface area contributed by atoms with Crippen molar-refractivity contribution in [1.29, 1.82) is 0 Å². The highest BCUT2D eigenvalue weighted by Crippen LogP contribution is 2.53. The van der Waals surface area contributed by atoms with Gasteiger partial charge in [0.2, 0.25) is 0 Å². The van der Waals surface area contributed by atoms with Crippen LogP contribution in [-0.4, -0.2) is 43.7 Å². The molecule has 1 fully saturated rings. The minimum atomic E-state index is -0.120. The lowest BCUT2D eigenvalue weighted by Crippen LogP contribution is -2.40. The number of hydrogen-bond acceptors (Lipinski definition) is 8.